The van der Waals surface area contributed by atoms with E-state index in [4.69, 9.17) is 11.6 Å². The predicted molar refractivity (Wildman–Crippen MR) is 111 cm³/mol. The summed E-state index contributed by atoms with van der Waals surface area (Å²) in [5, 5.41) is 3.92. The van der Waals surface area contributed by atoms with Crippen LogP contribution in [0.25, 0.3) is 0 Å². The molecule has 2 amide bonds. The molecule has 1 saturated heterocycles. The topological polar surface area (TPSA) is 40.6 Å². The molecule has 3 aromatic carbocycles. The lowest BCUT2D eigenvalue weighted by molar-refractivity contribution is -0.134. The molecular weight excluding hydrogens is 384 g/mol. The summed E-state index contributed by atoms with van der Waals surface area (Å²) in [5.74, 6) is -0.930. The van der Waals surface area contributed by atoms with Crippen LogP contribution in [0, 0.1) is 0 Å². The highest BCUT2D eigenvalue weighted by molar-refractivity contribution is 6.30. The van der Waals surface area contributed by atoms with Crippen LogP contribution in [0.3, 0.4) is 0 Å². The predicted octanol–water partition coefficient (Wildman–Crippen LogP) is 4.62. The molecular formula is C24H19ClN2O2. The summed E-state index contributed by atoms with van der Waals surface area (Å²) in [5.41, 5.74) is 3.72. The first-order valence-corrected chi connectivity index (χ1v) is 10.1. The van der Waals surface area contributed by atoms with Crippen LogP contribution < -0.4 is 0 Å². The first-order chi connectivity index (χ1) is 14.1. The molecule has 2 atom stereocenters. The Balaban J connectivity index is 1.64. The average Bonchev–Trinajstić information content (AvgIpc) is 3.07. The highest BCUT2D eigenvalue weighted by Crippen LogP contribution is 2.47. The number of hydrogen-bond donors (Lipinski definition) is 0. The molecule has 0 bridgehead atoms. The number of nitrogens with zero attached hydrogens (tertiary/aromatic N) is 2. The number of fused-ring (bicyclic) bond motifs is 3. The van der Waals surface area contributed by atoms with Crippen LogP contribution in [0.4, 0.5) is 0 Å². The molecule has 0 radical (unpaired) electrons. The van der Waals surface area contributed by atoms with Gasteiger partial charge in [-0.3, -0.25) is 9.59 Å². The van der Waals surface area contributed by atoms with E-state index in [1.54, 1.807) is 24.3 Å². The SMILES string of the molecule is O=C(c1ccccc1)N1C(=O)[C@@H](c2ccc(Cl)cc2)[C@@H]2c3ccccc3CCN21. The minimum Gasteiger partial charge on any atom is -0.272 e. The zero-order valence-electron chi connectivity index (χ0n) is 15.7. The van der Waals surface area contributed by atoms with Gasteiger partial charge in [-0.2, -0.15) is 0 Å². The lowest BCUT2D eigenvalue weighted by atomic mass is 9.83. The fraction of sp³-hybridized carbons (Fsp3) is 0.167. The van der Waals surface area contributed by atoms with Crippen molar-refractivity contribution in [3.05, 3.63) is 106 Å². The van der Waals surface area contributed by atoms with Gasteiger partial charge in [0, 0.05) is 17.1 Å². The van der Waals surface area contributed by atoms with E-state index in [2.05, 4.69) is 12.1 Å². The third kappa shape index (κ3) is 2.96. The molecule has 5 heteroatoms. The Bertz CT molecular complexity index is 1080. The summed E-state index contributed by atoms with van der Waals surface area (Å²) in [6.07, 6.45) is 0.797. The maximum atomic E-state index is 13.6. The van der Waals surface area contributed by atoms with Crippen molar-refractivity contribution < 1.29 is 9.59 Å². The molecule has 2 aliphatic rings. The summed E-state index contributed by atoms with van der Waals surface area (Å²) in [6.45, 7) is 0.621. The van der Waals surface area contributed by atoms with E-state index in [1.807, 2.05) is 47.5 Å². The molecule has 29 heavy (non-hydrogen) atoms. The van der Waals surface area contributed by atoms with Crippen LogP contribution in [0.1, 0.15) is 39.0 Å². The maximum Gasteiger partial charge on any atom is 0.275 e. The number of benzene rings is 3. The standard InChI is InChI=1S/C24H19ClN2O2/c25-19-12-10-17(11-13-19)21-22-20-9-5-4-6-16(20)14-15-26(22)27(24(21)29)23(28)18-7-2-1-3-8-18/h1-13,21-22H,14-15H2/t21-,22-/m0/s1. The number of amides is 2. The number of carbonyl (C=O) groups is 2. The average molecular weight is 403 g/mol. The molecule has 5 rings (SSSR count). The quantitative estimate of drug-likeness (QED) is 0.587. The molecule has 0 N–H and O–H groups in total. The van der Waals surface area contributed by atoms with Gasteiger partial charge < -0.3 is 0 Å². The van der Waals surface area contributed by atoms with Gasteiger partial charge in [-0.1, -0.05) is 66.2 Å². The molecule has 0 spiro atoms. The van der Waals surface area contributed by atoms with Crippen LogP contribution >= 0.6 is 11.6 Å². The minimum absolute atomic E-state index is 0.192. The maximum absolute atomic E-state index is 13.6. The molecule has 4 nitrogen and oxygen atoms in total. The second-order valence-corrected chi connectivity index (χ2v) is 7.84. The zero-order chi connectivity index (χ0) is 20.0. The molecule has 0 aromatic heterocycles. The molecule has 144 valence electrons. The van der Waals surface area contributed by atoms with Crippen LogP contribution in [0.5, 0.6) is 0 Å². The van der Waals surface area contributed by atoms with Crippen LogP contribution in [0.2, 0.25) is 5.02 Å². The number of hydrazine groups is 1. The highest BCUT2D eigenvalue weighted by Gasteiger charge is 2.52. The van der Waals surface area contributed by atoms with Crippen molar-refractivity contribution in [2.75, 3.05) is 6.54 Å². The molecule has 0 unspecified atom stereocenters. The fourth-order valence-electron chi connectivity index (χ4n) is 4.47. The normalized spacial score (nSPS) is 21.0. The molecule has 0 saturated carbocycles. The summed E-state index contributed by atoms with van der Waals surface area (Å²) >= 11 is 6.07. The molecule has 0 aliphatic carbocycles. The van der Waals surface area contributed by atoms with Crippen LogP contribution in [-0.4, -0.2) is 28.4 Å². The van der Waals surface area contributed by atoms with Crippen molar-refractivity contribution in [2.45, 2.75) is 18.4 Å². The van der Waals surface area contributed by atoms with E-state index in [9.17, 15) is 9.59 Å². The second-order valence-electron chi connectivity index (χ2n) is 7.41. The van der Waals surface area contributed by atoms with E-state index in [0.29, 0.717) is 17.1 Å². The van der Waals surface area contributed by atoms with Gasteiger partial charge in [0.25, 0.3) is 11.8 Å². The van der Waals surface area contributed by atoms with Gasteiger partial charge in [0.1, 0.15) is 0 Å². The molecule has 2 aliphatic heterocycles. The minimum atomic E-state index is -0.457. The van der Waals surface area contributed by atoms with E-state index in [0.717, 1.165) is 17.5 Å². The molecule has 1 fully saturated rings. The summed E-state index contributed by atoms with van der Waals surface area (Å²) in [7, 11) is 0. The number of carbonyl (C=O) groups excluding carboxylic acids is 2. The van der Waals surface area contributed by atoms with E-state index in [-0.39, 0.29) is 17.9 Å². The van der Waals surface area contributed by atoms with Crippen molar-refractivity contribution in [3.8, 4) is 0 Å². The zero-order valence-corrected chi connectivity index (χ0v) is 16.4. The van der Waals surface area contributed by atoms with Crippen LogP contribution in [-0.2, 0) is 11.2 Å². The number of halogens is 1. The molecule has 3 aromatic rings. The lowest BCUT2D eigenvalue weighted by Gasteiger charge is -2.36. The summed E-state index contributed by atoms with van der Waals surface area (Å²) in [6, 6.07) is 24.3. The van der Waals surface area contributed by atoms with Gasteiger partial charge in [-0.25, -0.2) is 10.0 Å². The van der Waals surface area contributed by atoms with Crippen molar-refractivity contribution >= 4 is 23.4 Å². The molecule has 2 heterocycles. The van der Waals surface area contributed by atoms with Crippen molar-refractivity contribution in [1.29, 1.82) is 0 Å². The van der Waals surface area contributed by atoms with Gasteiger partial charge in [0.05, 0.1) is 12.0 Å². The van der Waals surface area contributed by atoms with Crippen molar-refractivity contribution in [2.24, 2.45) is 0 Å². The summed E-state index contributed by atoms with van der Waals surface area (Å²) in [4.78, 5) is 26.9. The highest BCUT2D eigenvalue weighted by atomic mass is 35.5. The van der Waals surface area contributed by atoms with Gasteiger partial charge in [0.2, 0.25) is 0 Å². The van der Waals surface area contributed by atoms with E-state index >= 15 is 0 Å². The second kappa shape index (κ2) is 7.14. The fourth-order valence-corrected chi connectivity index (χ4v) is 4.60. The summed E-state index contributed by atoms with van der Waals surface area (Å²) < 4.78 is 0. The number of imide groups is 1. The third-order valence-electron chi connectivity index (χ3n) is 5.79. The Hall–Kier alpha value is -2.95. The van der Waals surface area contributed by atoms with Gasteiger partial charge >= 0.3 is 0 Å². The number of rotatable bonds is 2. The van der Waals surface area contributed by atoms with Crippen molar-refractivity contribution in [1.82, 2.24) is 10.0 Å². The first kappa shape index (κ1) is 18.1. The Morgan fingerprint density at radius 3 is 2.34 bits per heavy atom. The Morgan fingerprint density at radius 1 is 0.897 bits per heavy atom. The monoisotopic (exact) mass is 402 g/mol. The van der Waals surface area contributed by atoms with Gasteiger partial charge in [0.15, 0.2) is 0 Å². The van der Waals surface area contributed by atoms with Crippen LogP contribution in [0.15, 0.2) is 78.9 Å². The van der Waals surface area contributed by atoms with E-state index in [1.165, 1.54) is 10.6 Å². The smallest absolute Gasteiger partial charge is 0.272 e. The van der Waals surface area contributed by atoms with Crippen molar-refractivity contribution in [3.63, 3.8) is 0 Å². The Morgan fingerprint density at radius 2 is 1.59 bits per heavy atom. The number of hydrogen-bond acceptors (Lipinski definition) is 3. The third-order valence-corrected chi connectivity index (χ3v) is 6.05. The van der Waals surface area contributed by atoms with Gasteiger partial charge in [-0.05, 0) is 47.4 Å². The van der Waals surface area contributed by atoms with Gasteiger partial charge in [-0.15, -0.1) is 0 Å². The largest absolute Gasteiger partial charge is 0.275 e. The van der Waals surface area contributed by atoms with E-state index < -0.39 is 5.92 Å². The lowest BCUT2D eigenvalue weighted by Crippen LogP contribution is -2.46. The Kier molecular flexibility index (Phi) is 4.46. The Labute approximate surface area is 174 Å². The first-order valence-electron chi connectivity index (χ1n) is 9.68.